The third-order valence-corrected chi connectivity index (χ3v) is 2.48. The van der Waals surface area contributed by atoms with E-state index in [0.717, 1.165) is 4.47 Å². The summed E-state index contributed by atoms with van der Waals surface area (Å²) in [5.41, 5.74) is 0.387. The van der Waals surface area contributed by atoms with Crippen LogP contribution >= 0.6 is 15.9 Å². The van der Waals surface area contributed by atoms with E-state index in [1.54, 1.807) is 12.1 Å². The molecule has 3 nitrogen and oxygen atoms in total. The minimum Gasteiger partial charge on any atom is -0.439 e. The first-order valence-corrected chi connectivity index (χ1v) is 4.85. The van der Waals surface area contributed by atoms with Crippen LogP contribution in [0.5, 0.6) is 0 Å². The van der Waals surface area contributed by atoms with Crippen molar-refractivity contribution in [3.63, 3.8) is 0 Å². The van der Waals surface area contributed by atoms with Gasteiger partial charge >= 0.3 is 6.09 Å². The van der Waals surface area contributed by atoms with Crippen molar-refractivity contribution in [2.75, 3.05) is 6.54 Å². The van der Waals surface area contributed by atoms with Gasteiger partial charge in [0.05, 0.1) is 6.54 Å². The molecule has 1 unspecified atom stereocenters. The van der Waals surface area contributed by atoms with Crippen LogP contribution in [0.15, 0.2) is 22.7 Å². The van der Waals surface area contributed by atoms with E-state index in [9.17, 15) is 9.18 Å². The van der Waals surface area contributed by atoms with Crippen molar-refractivity contribution in [3.8, 4) is 0 Å². The van der Waals surface area contributed by atoms with Crippen molar-refractivity contribution in [3.05, 3.63) is 34.1 Å². The lowest BCUT2D eigenvalue weighted by Crippen LogP contribution is -2.12. The number of hydrogen-bond acceptors (Lipinski definition) is 2. The summed E-state index contributed by atoms with van der Waals surface area (Å²) >= 11 is 3.23. The Balaban J connectivity index is 2.31. The van der Waals surface area contributed by atoms with Crippen LogP contribution in [-0.4, -0.2) is 12.6 Å². The first-order valence-electron chi connectivity index (χ1n) is 4.06. The predicted molar refractivity (Wildman–Crippen MR) is 51.3 cm³/mol. The molecule has 1 aromatic rings. The van der Waals surface area contributed by atoms with E-state index in [0.29, 0.717) is 12.1 Å². The molecule has 1 heterocycles. The Labute approximate surface area is 88.4 Å². The van der Waals surface area contributed by atoms with Crippen LogP contribution in [0.1, 0.15) is 11.7 Å². The van der Waals surface area contributed by atoms with Gasteiger partial charge in [-0.1, -0.05) is 15.9 Å². The van der Waals surface area contributed by atoms with Crippen molar-refractivity contribution < 1.29 is 13.9 Å². The van der Waals surface area contributed by atoms with Crippen LogP contribution in [0.2, 0.25) is 0 Å². The van der Waals surface area contributed by atoms with E-state index >= 15 is 0 Å². The topological polar surface area (TPSA) is 38.3 Å². The van der Waals surface area contributed by atoms with Gasteiger partial charge in [-0.15, -0.1) is 0 Å². The number of carbonyl (C=O) groups is 1. The van der Waals surface area contributed by atoms with E-state index in [2.05, 4.69) is 21.2 Å². The molecule has 2 rings (SSSR count). The van der Waals surface area contributed by atoms with Gasteiger partial charge in [0.2, 0.25) is 0 Å². The Morgan fingerprint density at radius 2 is 2.36 bits per heavy atom. The maximum Gasteiger partial charge on any atom is 0.407 e. The SMILES string of the molecule is O=C1NCC(c2cc(Br)ccc2F)O1. The molecule has 5 heteroatoms. The summed E-state index contributed by atoms with van der Waals surface area (Å²) in [6, 6.07) is 4.55. The van der Waals surface area contributed by atoms with Crippen molar-refractivity contribution in [1.82, 2.24) is 5.32 Å². The second kappa shape index (κ2) is 3.57. The van der Waals surface area contributed by atoms with Gasteiger partial charge in [0.25, 0.3) is 0 Å². The Bertz CT molecular complexity index is 383. The summed E-state index contributed by atoms with van der Waals surface area (Å²) in [4.78, 5) is 10.8. The number of nitrogens with one attached hydrogen (secondary N) is 1. The number of benzene rings is 1. The number of carbonyl (C=O) groups excluding carboxylic acids is 1. The van der Waals surface area contributed by atoms with E-state index < -0.39 is 12.2 Å². The highest BCUT2D eigenvalue weighted by Crippen LogP contribution is 2.26. The summed E-state index contributed by atoms with van der Waals surface area (Å²) in [5.74, 6) is -0.366. The number of hydrogen-bond donors (Lipinski definition) is 1. The third kappa shape index (κ3) is 1.72. The first-order chi connectivity index (χ1) is 6.66. The van der Waals surface area contributed by atoms with Crippen LogP contribution in [0.4, 0.5) is 9.18 Å². The Hall–Kier alpha value is -1.10. The fourth-order valence-corrected chi connectivity index (χ4v) is 1.70. The summed E-state index contributed by atoms with van der Waals surface area (Å²) in [7, 11) is 0. The number of ether oxygens (including phenoxy) is 1. The lowest BCUT2D eigenvalue weighted by Gasteiger charge is -2.09. The average molecular weight is 260 g/mol. The van der Waals surface area contributed by atoms with Gasteiger partial charge in [0.15, 0.2) is 0 Å². The predicted octanol–water partition coefficient (Wildman–Crippen LogP) is 2.37. The monoisotopic (exact) mass is 259 g/mol. The molecule has 0 saturated carbocycles. The molecule has 0 radical (unpaired) electrons. The molecule has 74 valence electrons. The van der Waals surface area contributed by atoms with Gasteiger partial charge in [-0.3, -0.25) is 0 Å². The number of amides is 1. The van der Waals surface area contributed by atoms with Gasteiger partial charge in [0, 0.05) is 10.0 Å². The molecule has 1 N–H and O–H groups in total. The van der Waals surface area contributed by atoms with Crippen molar-refractivity contribution >= 4 is 22.0 Å². The normalized spacial score (nSPS) is 20.4. The van der Waals surface area contributed by atoms with Gasteiger partial charge < -0.3 is 10.1 Å². The molecule has 14 heavy (non-hydrogen) atoms. The van der Waals surface area contributed by atoms with Gasteiger partial charge in [-0.2, -0.15) is 0 Å². The van der Waals surface area contributed by atoms with Crippen LogP contribution in [0, 0.1) is 5.82 Å². The van der Waals surface area contributed by atoms with Gasteiger partial charge in [-0.25, -0.2) is 9.18 Å². The summed E-state index contributed by atoms with van der Waals surface area (Å²) in [5, 5.41) is 2.47. The fourth-order valence-electron chi connectivity index (χ4n) is 1.32. The standard InChI is InChI=1S/C9H7BrFNO2/c10-5-1-2-7(11)6(3-5)8-4-12-9(13)14-8/h1-3,8H,4H2,(H,12,13). The minimum absolute atomic E-state index is 0.312. The Morgan fingerprint density at radius 3 is 3.00 bits per heavy atom. The molecule has 1 aromatic carbocycles. The molecule has 1 aliphatic heterocycles. The molecular weight excluding hydrogens is 253 g/mol. The molecule has 1 aliphatic rings. The van der Waals surface area contributed by atoms with Crippen LogP contribution in [0.25, 0.3) is 0 Å². The Kier molecular flexibility index (Phi) is 2.41. The highest BCUT2D eigenvalue weighted by atomic mass is 79.9. The second-order valence-electron chi connectivity index (χ2n) is 2.94. The van der Waals surface area contributed by atoms with Crippen molar-refractivity contribution in [2.24, 2.45) is 0 Å². The van der Waals surface area contributed by atoms with Gasteiger partial charge in [-0.05, 0) is 18.2 Å². The molecular formula is C9H7BrFNO2. The summed E-state index contributed by atoms with van der Waals surface area (Å²) in [6.45, 7) is 0.312. The first kappa shape index (κ1) is 9.45. The smallest absolute Gasteiger partial charge is 0.407 e. The van der Waals surface area contributed by atoms with E-state index in [1.165, 1.54) is 6.07 Å². The molecule has 0 bridgehead atoms. The Morgan fingerprint density at radius 1 is 1.57 bits per heavy atom. The molecule has 0 spiro atoms. The van der Waals surface area contributed by atoms with Crippen molar-refractivity contribution in [2.45, 2.75) is 6.10 Å². The average Bonchev–Trinajstić information content (AvgIpc) is 2.56. The highest BCUT2D eigenvalue weighted by molar-refractivity contribution is 9.10. The highest BCUT2D eigenvalue weighted by Gasteiger charge is 2.26. The van der Waals surface area contributed by atoms with E-state index in [4.69, 9.17) is 4.74 Å². The van der Waals surface area contributed by atoms with E-state index in [1.807, 2.05) is 0 Å². The minimum atomic E-state index is -0.528. The molecule has 0 aromatic heterocycles. The quantitative estimate of drug-likeness (QED) is 0.841. The maximum absolute atomic E-state index is 13.3. The van der Waals surface area contributed by atoms with Crippen LogP contribution < -0.4 is 5.32 Å². The number of cyclic esters (lactones) is 1. The molecule has 1 saturated heterocycles. The zero-order valence-corrected chi connectivity index (χ0v) is 8.67. The molecule has 1 fully saturated rings. The van der Waals surface area contributed by atoms with Gasteiger partial charge in [0.1, 0.15) is 11.9 Å². The number of rotatable bonds is 1. The zero-order valence-electron chi connectivity index (χ0n) is 7.09. The van der Waals surface area contributed by atoms with Crippen LogP contribution in [-0.2, 0) is 4.74 Å². The molecule has 1 amide bonds. The molecule has 0 aliphatic carbocycles. The number of halogens is 2. The largest absolute Gasteiger partial charge is 0.439 e. The van der Waals surface area contributed by atoms with E-state index in [-0.39, 0.29) is 5.82 Å². The zero-order chi connectivity index (χ0) is 10.1. The lowest BCUT2D eigenvalue weighted by molar-refractivity contribution is 0.139. The lowest BCUT2D eigenvalue weighted by atomic mass is 10.1. The maximum atomic E-state index is 13.3. The third-order valence-electron chi connectivity index (χ3n) is 1.99. The summed E-state index contributed by atoms with van der Waals surface area (Å²) < 4.78 is 18.9. The molecule has 1 atom stereocenters. The number of alkyl carbamates (subject to hydrolysis) is 1. The van der Waals surface area contributed by atoms with Crippen LogP contribution in [0.3, 0.4) is 0 Å². The summed E-state index contributed by atoms with van der Waals surface area (Å²) in [6.07, 6.45) is -1.03. The van der Waals surface area contributed by atoms with Crippen molar-refractivity contribution in [1.29, 1.82) is 0 Å². The second-order valence-corrected chi connectivity index (χ2v) is 3.86. The fraction of sp³-hybridized carbons (Fsp3) is 0.222.